The van der Waals surface area contributed by atoms with Crippen molar-refractivity contribution >= 4 is 19.9 Å². The van der Waals surface area contributed by atoms with E-state index in [9.17, 15) is 14.8 Å². The zero-order valence-corrected chi connectivity index (χ0v) is 23.6. The number of nitrogens with zero attached hydrogens (tertiary/aromatic N) is 1. The van der Waals surface area contributed by atoms with Gasteiger partial charge in [-0.1, -0.05) is 35.9 Å². The number of ether oxygens (including phenoxy) is 3. The van der Waals surface area contributed by atoms with E-state index >= 15 is 0 Å². The standard InChI is InChI=1S/C29H29ClFNO5Si/c1-34-22-14-24(35-2)26-25(15-22)36-28(19-9-11-20(30)12-10-19)23(18-7-6-8-21(31)13-18)16-27(17-32,29(26,28)33)37-38(3,4)5/h6-15,23,33H,16H2,1-5H3. The molecule has 0 aromatic heterocycles. The minimum absolute atomic E-state index is 0.0466. The maximum Gasteiger partial charge on any atom is 0.186 e. The van der Waals surface area contributed by atoms with Crippen LogP contribution in [0.15, 0.2) is 60.7 Å². The lowest BCUT2D eigenvalue weighted by Crippen LogP contribution is -2.60. The molecule has 0 bridgehead atoms. The fraction of sp³-hybridized carbons (Fsp3) is 0.345. The van der Waals surface area contributed by atoms with Crippen molar-refractivity contribution in [3.05, 3.63) is 88.2 Å². The number of benzene rings is 3. The van der Waals surface area contributed by atoms with Crippen molar-refractivity contribution in [3.63, 3.8) is 0 Å². The quantitative estimate of drug-likeness (QED) is 0.362. The molecule has 38 heavy (non-hydrogen) atoms. The van der Waals surface area contributed by atoms with Gasteiger partial charge in [0.15, 0.2) is 25.1 Å². The maximum absolute atomic E-state index is 14.6. The van der Waals surface area contributed by atoms with Gasteiger partial charge in [-0.25, -0.2) is 4.39 Å². The van der Waals surface area contributed by atoms with E-state index in [4.69, 9.17) is 30.2 Å². The molecule has 0 spiro atoms. The molecule has 198 valence electrons. The van der Waals surface area contributed by atoms with Crippen LogP contribution in [-0.2, 0) is 15.6 Å². The molecule has 1 N–H and O–H groups in total. The molecule has 4 atom stereocenters. The monoisotopic (exact) mass is 553 g/mol. The lowest BCUT2D eigenvalue weighted by molar-refractivity contribution is -0.169. The zero-order valence-electron chi connectivity index (χ0n) is 21.8. The molecule has 5 rings (SSSR count). The highest BCUT2D eigenvalue weighted by Gasteiger charge is 2.81. The number of rotatable bonds is 6. The summed E-state index contributed by atoms with van der Waals surface area (Å²) in [5.74, 6) is -0.0996. The Morgan fingerprint density at radius 1 is 1.08 bits per heavy atom. The van der Waals surface area contributed by atoms with E-state index in [1.54, 1.807) is 48.5 Å². The summed E-state index contributed by atoms with van der Waals surface area (Å²) in [5.41, 5.74) is -4.01. The summed E-state index contributed by atoms with van der Waals surface area (Å²) in [5, 5.41) is 24.6. The summed E-state index contributed by atoms with van der Waals surface area (Å²) in [6.45, 7) is 5.87. The van der Waals surface area contributed by atoms with Crippen LogP contribution in [0.25, 0.3) is 0 Å². The van der Waals surface area contributed by atoms with E-state index < -0.39 is 36.9 Å². The molecule has 1 heterocycles. The highest BCUT2D eigenvalue weighted by molar-refractivity contribution is 6.69. The van der Waals surface area contributed by atoms with Crippen molar-refractivity contribution in [3.8, 4) is 23.3 Å². The van der Waals surface area contributed by atoms with E-state index in [1.165, 1.54) is 26.4 Å². The first-order valence-electron chi connectivity index (χ1n) is 12.3. The number of fused-ring (bicyclic) bond motifs is 3. The van der Waals surface area contributed by atoms with Crippen molar-refractivity contribution in [2.24, 2.45) is 0 Å². The molecule has 6 nitrogen and oxygen atoms in total. The van der Waals surface area contributed by atoms with Gasteiger partial charge in [0.2, 0.25) is 0 Å². The van der Waals surface area contributed by atoms with Crippen LogP contribution in [0.2, 0.25) is 24.7 Å². The van der Waals surface area contributed by atoms with Crippen molar-refractivity contribution in [2.75, 3.05) is 14.2 Å². The molecule has 0 radical (unpaired) electrons. The minimum atomic E-state index is -2.47. The van der Waals surface area contributed by atoms with E-state index in [0.717, 1.165) is 0 Å². The minimum Gasteiger partial charge on any atom is -0.496 e. The Bertz CT molecular complexity index is 1440. The maximum atomic E-state index is 14.6. The highest BCUT2D eigenvalue weighted by Crippen LogP contribution is 2.72. The Kier molecular flexibility index (Phi) is 6.27. The van der Waals surface area contributed by atoms with Crippen LogP contribution in [0.5, 0.6) is 17.2 Å². The SMILES string of the molecule is COc1cc(OC)c2c(c1)OC1(c3ccc(Cl)cc3)C(c3cccc(F)c3)CC(C#N)(O[Si](C)(C)C)C21O. The smallest absolute Gasteiger partial charge is 0.186 e. The summed E-state index contributed by atoms with van der Waals surface area (Å²) < 4.78 is 39.3. The average molecular weight is 554 g/mol. The first-order valence-corrected chi connectivity index (χ1v) is 16.0. The van der Waals surface area contributed by atoms with Gasteiger partial charge in [0.1, 0.15) is 29.1 Å². The van der Waals surface area contributed by atoms with Crippen molar-refractivity contribution in [1.82, 2.24) is 0 Å². The summed E-state index contributed by atoms with van der Waals surface area (Å²) in [6, 6.07) is 18.7. The van der Waals surface area contributed by atoms with E-state index in [2.05, 4.69) is 6.07 Å². The molecule has 9 heteroatoms. The number of halogens is 2. The van der Waals surface area contributed by atoms with Crippen LogP contribution in [0, 0.1) is 17.1 Å². The molecule has 0 amide bonds. The lowest BCUT2D eigenvalue weighted by Gasteiger charge is -2.45. The van der Waals surface area contributed by atoms with E-state index in [-0.39, 0.29) is 17.7 Å². The largest absolute Gasteiger partial charge is 0.496 e. The molecule has 4 unspecified atom stereocenters. The van der Waals surface area contributed by atoms with Gasteiger partial charge in [-0.15, -0.1) is 0 Å². The third kappa shape index (κ3) is 3.64. The number of methoxy groups -OCH3 is 2. The average Bonchev–Trinajstić information content (AvgIpc) is 3.26. The van der Waals surface area contributed by atoms with Gasteiger partial charge in [0.25, 0.3) is 0 Å². The van der Waals surface area contributed by atoms with E-state index in [1.807, 2.05) is 19.6 Å². The Balaban J connectivity index is 1.93. The van der Waals surface area contributed by atoms with Gasteiger partial charge in [-0.2, -0.15) is 5.26 Å². The third-order valence-corrected chi connectivity index (χ3v) is 8.63. The predicted octanol–water partition coefficient (Wildman–Crippen LogP) is 6.27. The van der Waals surface area contributed by atoms with Crippen LogP contribution in [0.1, 0.15) is 29.0 Å². The van der Waals surface area contributed by atoms with Crippen LogP contribution in [0.4, 0.5) is 4.39 Å². The van der Waals surface area contributed by atoms with E-state index in [0.29, 0.717) is 27.6 Å². The summed E-state index contributed by atoms with van der Waals surface area (Å²) >= 11 is 6.25. The third-order valence-electron chi connectivity index (χ3n) is 7.42. The van der Waals surface area contributed by atoms with Crippen LogP contribution >= 0.6 is 11.6 Å². The number of hydrogen-bond donors (Lipinski definition) is 1. The number of nitriles is 1. The van der Waals surface area contributed by atoms with Gasteiger partial charge in [-0.05, 0) is 55.0 Å². The van der Waals surface area contributed by atoms with Crippen LogP contribution in [-0.4, -0.2) is 33.2 Å². The Hall–Kier alpha value is -3.09. The van der Waals surface area contributed by atoms with Gasteiger partial charge in [0.05, 0.1) is 19.8 Å². The molecule has 3 aromatic rings. The normalized spacial score (nSPS) is 27.7. The second kappa shape index (κ2) is 8.99. The Morgan fingerprint density at radius 2 is 1.79 bits per heavy atom. The molecule has 1 aliphatic heterocycles. The molecule has 2 aliphatic rings. The molecular weight excluding hydrogens is 525 g/mol. The second-order valence-corrected chi connectivity index (χ2v) is 15.6. The zero-order chi connectivity index (χ0) is 27.5. The summed E-state index contributed by atoms with van der Waals surface area (Å²) in [4.78, 5) is 0. The molecule has 3 aromatic carbocycles. The van der Waals surface area contributed by atoms with Gasteiger partial charge in [0, 0.05) is 29.5 Å². The molecule has 0 saturated heterocycles. The van der Waals surface area contributed by atoms with Gasteiger partial charge in [-0.3, -0.25) is 0 Å². The number of hydrogen-bond acceptors (Lipinski definition) is 6. The van der Waals surface area contributed by atoms with Gasteiger partial charge >= 0.3 is 0 Å². The second-order valence-electron chi connectivity index (χ2n) is 10.7. The Labute approximate surface area is 227 Å². The first kappa shape index (κ1) is 26.5. The predicted molar refractivity (Wildman–Crippen MR) is 144 cm³/mol. The summed E-state index contributed by atoms with van der Waals surface area (Å²) in [7, 11) is 0.525. The number of aliphatic hydroxyl groups is 1. The van der Waals surface area contributed by atoms with Crippen molar-refractivity contribution < 1.29 is 28.1 Å². The summed E-state index contributed by atoms with van der Waals surface area (Å²) in [6.07, 6.45) is 0.0466. The topological polar surface area (TPSA) is 80.9 Å². The van der Waals surface area contributed by atoms with Crippen molar-refractivity contribution in [2.45, 2.75) is 48.8 Å². The van der Waals surface area contributed by atoms with Gasteiger partial charge < -0.3 is 23.7 Å². The van der Waals surface area contributed by atoms with Crippen LogP contribution < -0.4 is 14.2 Å². The fourth-order valence-corrected chi connectivity index (χ4v) is 7.60. The Morgan fingerprint density at radius 3 is 2.37 bits per heavy atom. The highest BCUT2D eigenvalue weighted by atomic mass is 35.5. The van der Waals surface area contributed by atoms with Crippen molar-refractivity contribution in [1.29, 1.82) is 5.26 Å². The molecule has 1 aliphatic carbocycles. The van der Waals surface area contributed by atoms with Crippen LogP contribution in [0.3, 0.4) is 0 Å². The first-order chi connectivity index (χ1) is 17.9. The molecule has 1 fully saturated rings. The molecule has 1 saturated carbocycles. The molecular formula is C29H29ClFNO5Si. The lowest BCUT2D eigenvalue weighted by atomic mass is 9.69. The fourth-order valence-electron chi connectivity index (χ4n) is 6.15.